The SMILES string of the molecule is CC1CCN([C@@H](CNC(=O)CCCc2nc3ccccc3s2)c2cccs2)CC1. The van der Waals surface area contributed by atoms with Gasteiger partial charge >= 0.3 is 0 Å². The van der Waals surface area contributed by atoms with E-state index in [0.717, 1.165) is 42.4 Å². The molecule has 1 aromatic carbocycles. The van der Waals surface area contributed by atoms with Crippen molar-refractivity contribution in [1.29, 1.82) is 0 Å². The van der Waals surface area contributed by atoms with Crippen molar-refractivity contribution in [1.82, 2.24) is 15.2 Å². The van der Waals surface area contributed by atoms with Crippen LogP contribution in [0.25, 0.3) is 10.2 Å². The molecule has 3 heterocycles. The lowest BCUT2D eigenvalue weighted by atomic mass is 9.97. The van der Waals surface area contributed by atoms with E-state index in [1.807, 2.05) is 18.2 Å². The zero-order chi connectivity index (χ0) is 20.1. The summed E-state index contributed by atoms with van der Waals surface area (Å²) in [4.78, 5) is 21.0. The number of benzene rings is 1. The van der Waals surface area contributed by atoms with Crippen LogP contribution in [0.3, 0.4) is 0 Å². The standard InChI is InChI=1S/C23H29N3OS2/c1-17-11-13-26(14-12-17)19(21-8-5-15-28-21)16-24-22(27)9-4-10-23-25-18-6-2-3-7-20(18)29-23/h2-3,5-8,15,17,19H,4,9-14,16H2,1H3,(H,24,27)/t19-/m0/s1. The second-order valence-corrected chi connectivity index (χ2v) is 10.1. The zero-order valence-corrected chi connectivity index (χ0v) is 18.6. The van der Waals surface area contributed by atoms with Crippen molar-refractivity contribution in [2.75, 3.05) is 19.6 Å². The van der Waals surface area contributed by atoms with Gasteiger partial charge in [-0.2, -0.15) is 0 Å². The number of thiazole rings is 1. The number of nitrogens with zero attached hydrogens (tertiary/aromatic N) is 2. The van der Waals surface area contributed by atoms with E-state index in [1.54, 1.807) is 22.7 Å². The minimum atomic E-state index is 0.151. The van der Waals surface area contributed by atoms with Gasteiger partial charge in [-0.1, -0.05) is 25.1 Å². The molecule has 1 fully saturated rings. The Morgan fingerprint density at radius 1 is 1.24 bits per heavy atom. The molecule has 1 saturated heterocycles. The van der Waals surface area contributed by atoms with Crippen molar-refractivity contribution in [3.63, 3.8) is 0 Å². The van der Waals surface area contributed by atoms with Gasteiger partial charge < -0.3 is 5.32 Å². The molecule has 154 valence electrons. The van der Waals surface area contributed by atoms with Crippen molar-refractivity contribution < 1.29 is 4.79 Å². The molecule has 6 heteroatoms. The van der Waals surface area contributed by atoms with Gasteiger partial charge in [0.2, 0.25) is 5.91 Å². The molecule has 1 atom stereocenters. The average molecular weight is 428 g/mol. The minimum absolute atomic E-state index is 0.151. The van der Waals surface area contributed by atoms with Gasteiger partial charge in [-0.05, 0) is 68.3 Å². The van der Waals surface area contributed by atoms with Gasteiger partial charge in [-0.25, -0.2) is 4.98 Å². The van der Waals surface area contributed by atoms with Crippen LogP contribution in [-0.4, -0.2) is 35.4 Å². The van der Waals surface area contributed by atoms with Crippen LogP contribution < -0.4 is 5.32 Å². The number of hydrogen-bond donors (Lipinski definition) is 1. The number of amides is 1. The van der Waals surface area contributed by atoms with Crippen LogP contribution in [-0.2, 0) is 11.2 Å². The number of nitrogens with one attached hydrogen (secondary N) is 1. The lowest BCUT2D eigenvalue weighted by Crippen LogP contribution is -2.41. The molecule has 0 bridgehead atoms. The summed E-state index contributed by atoms with van der Waals surface area (Å²) in [7, 11) is 0. The summed E-state index contributed by atoms with van der Waals surface area (Å²) in [5, 5.41) is 6.46. The quantitative estimate of drug-likeness (QED) is 0.533. The van der Waals surface area contributed by atoms with Crippen LogP contribution in [0.5, 0.6) is 0 Å². The van der Waals surface area contributed by atoms with Gasteiger partial charge in [-0.3, -0.25) is 9.69 Å². The summed E-state index contributed by atoms with van der Waals surface area (Å²) in [6.07, 6.45) is 4.77. The van der Waals surface area contributed by atoms with Gasteiger partial charge in [-0.15, -0.1) is 22.7 Å². The third-order valence-corrected chi connectivity index (χ3v) is 7.83. The molecule has 1 N–H and O–H groups in total. The zero-order valence-electron chi connectivity index (χ0n) is 17.0. The van der Waals surface area contributed by atoms with Crippen molar-refractivity contribution >= 4 is 38.8 Å². The Hall–Kier alpha value is -1.76. The maximum atomic E-state index is 12.5. The Kier molecular flexibility index (Phi) is 6.95. The average Bonchev–Trinajstić information content (AvgIpc) is 3.39. The van der Waals surface area contributed by atoms with Crippen LogP contribution in [0, 0.1) is 5.92 Å². The highest BCUT2D eigenvalue weighted by molar-refractivity contribution is 7.18. The molecule has 0 saturated carbocycles. The minimum Gasteiger partial charge on any atom is -0.354 e. The number of carbonyl (C=O) groups is 1. The fourth-order valence-electron chi connectivity index (χ4n) is 3.96. The van der Waals surface area contributed by atoms with Crippen molar-refractivity contribution in [2.24, 2.45) is 5.92 Å². The summed E-state index contributed by atoms with van der Waals surface area (Å²) in [6, 6.07) is 12.8. The Morgan fingerprint density at radius 2 is 2.07 bits per heavy atom. The van der Waals surface area contributed by atoms with Gasteiger partial charge in [0, 0.05) is 17.8 Å². The fourth-order valence-corrected chi connectivity index (χ4v) is 5.83. The van der Waals surface area contributed by atoms with E-state index < -0.39 is 0 Å². The predicted molar refractivity (Wildman–Crippen MR) is 123 cm³/mol. The van der Waals surface area contributed by atoms with E-state index in [2.05, 4.69) is 45.7 Å². The molecule has 0 unspecified atom stereocenters. The first-order chi connectivity index (χ1) is 14.2. The van der Waals surface area contributed by atoms with Gasteiger partial charge in [0.05, 0.1) is 21.3 Å². The van der Waals surface area contributed by atoms with E-state index in [9.17, 15) is 4.79 Å². The normalized spacial score (nSPS) is 16.9. The third kappa shape index (κ3) is 5.44. The highest BCUT2D eigenvalue weighted by Gasteiger charge is 2.25. The summed E-state index contributed by atoms with van der Waals surface area (Å²) in [5.41, 5.74) is 1.06. The number of rotatable bonds is 8. The van der Waals surface area contributed by atoms with Crippen LogP contribution >= 0.6 is 22.7 Å². The highest BCUT2D eigenvalue weighted by atomic mass is 32.1. The number of carbonyl (C=O) groups excluding carboxylic acids is 1. The summed E-state index contributed by atoms with van der Waals surface area (Å²) in [6.45, 7) is 5.29. The number of aryl methyl sites for hydroxylation is 1. The van der Waals surface area contributed by atoms with Gasteiger partial charge in [0.1, 0.15) is 0 Å². The van der Waals surface area contributed by atoms with Gasteiger partial charge in [0.25, 0.3) is 0 Å². The van der Waals surface area contributed by atoms with E-state index in [1.165, 1.54) is 22.4 Å². The van der Waals surface area contributed by atoms with E-state index in [-0.39, 0.29) is 5.91 Å². The number of likely N-dealkylation sites (tertiary alicyclic amines) is 1. The second kappa shape index (κ2) is 9.83. The maximum absolute atomic E-state index is 12.5. The summed E-state index contributed by atoms with van der Waals surface area (Å²) < 4.78 is 1.22. The summed E-state index contributed by atoms with van der Waals surface area (Å²) in [5.74, 6) is 0.963. The molecule has 4 nitrogen and oxygen atoms in total. The maximum Gasteiger partial charge on any atom is 0.220 e. The van der Waals surface area contributed by atoms with Crippen LogP contribution in [0.2, 0.25) is 0 Å². The number of thiophene rings is 1. The Bertz CT molecular complexity index is 880. The molecule has 1 aliphatic rings. The topological polar surface area (TPSA) is 45.2 Å². The lowest BCUT2D eigenvalue weighted by Gasteiger charge is -2.36. The molecule has 0 spiro atoms. The Balaban J connectivity index is 1.26. The van der Waals surface area contributed by atoms with E-state index in [0.29, 0.717) is 19.0 Å². The number of para-hydroxylation sites is 1. The number of piperidine rings is 1. The third-order valence-electron chi connectivity index (χ3n) is 5.76. The van der Waals surface area contributed by atoms with Crippen molar-refractivity contribution in [3.8, 4) is 0 Å². The number of hydrogen-bond acceptors (Lipinski definition) is 5. The molecule has 1 aliphatic heterocycles. The number of aromatic nitrogens is 1. The molecule has 2 aromatic heterocycles. The van der Waals surface area contributed by atoms with E-state index >= 15 is 0 Å². The molecule has 1 amide bonds. The second-order valence-electron chi connectivity index (χ2n) is 7.98. The van der Waals surface area contributed by atoms with Crippen LogP contribution in [0.4, 0.5) is 0 Å². The number of fused-ring (bicyclic) bond motifs is 1. The summed E-state index contributed by atoms with van der Waals surface area (Å²) >= 11 is 3.53. The van der Waals surface area contributed by atoms with Crippen molar-refractivity contribution in [3.05, 3.63) is 51.7 Å². The van der Waals surface area contributed by atoms with Gasteiger partial charge in [0.15, 0.2) is 0 Å². The molecule has 4 rings (SSSR count). The lowest BCUT2D eigenvalue weighted by molar-refractivity contribution is -0.121. The molecular formula is C23H29N3OS2. The fraction of sp³-hybridized carbons (Fsp3) is 0.478. The Labute approximate surface area is 181 Å². The largest absolute Gasteiger partial charge is 0.354 e. The monoisotopic (exact) mass is 427 g/mol. The molecular weight excluding hydrogens is 398 g/mol. The Morgan fingerprint density at radius 3 is 2.83 bits per heavy atom. The van der Waals surface area contributed by atoms with Crippen LogP contribution in [0.15, 0.2) is 41.8 Å². The molecule has 0 radical (unpaired) electrons. The first-order valence-corrected chi connectivity index (χ1v) is 12.3. The molecule has 0 aliphatic carbocycles. The molecule has 3 aromatic rings. The molecule has 29 heavy (non-hydrogen) atoms. The smallest absolute Gasteiger partial charge is 0.220 e. The van der Waals surface area contributed by atoms with Crippen molar-refractivity contribution in [2.45, 2.75) is 45.1 Å². The van der Waals surface area contributed by atoms with Crippen LogP contribution in [0.1, 0.15) is 48.5 Å². The predicted octanol–water partition coefficient (Wildman–Crippen LogP) is 5.27. The first-order valence-electron chi connectivity index (χ1n) is 10.6. The first kappa shape index (κ1) is 20.5. The van der Waals surface area contributed by atoms with E-state index in [4.69, 9.17) is 0 Å². The highest BCUT2D eigenvalue weighted by Crippen LogP contribution is 2.29.